The summed E-state index contributed by atoms with van der Waals surface area (Å²) < 4.78 is 17.0. The molecule has 81 heavy (non-hydrogen) atoms. The average molecular weight is 1130 g/mol. The zero-order chi connectivity index (χ0) is 58.5. The molecule has 0 heterocycles. The standard InChI is InChI=1S/C75H136O6/c1-4-7-10-13-16-19-22-25-28-30-32-33-34-35-36-37-38-39-40-41-42-43-44-46-47-50-53-56-59-62-65-68-74(77)80-71-72(70-79-73(76)67-64-61-58-55-52-49-27-24-21-18-15-12-9-6-3)81-75(78)69-66-63-60-57-54-51-48-45-31-29-26-23-20-17-14-11-8-5-2/h15,18,20,23-24,27,29-32,72H,4-14,16-17,19,21-22,25-26,28,33-71H2,1-3H3/b18-15-,23-20-,27-24-,31-29-,32-30-. The van der Waals surface area contributed by atoms with E-state index in [-0.39, 0.29) is 31.1 Å². The highest BCUT2D eigenvalue weighted by atomic mass is 16.6. The maximum absolute atomic E-state index is 12.9. The van der Waals surface area contributed by atoms with Crippen LogP contribution in [0.1, 0.15) is 380 Å². The van der Waals surface area contributed by atoms with Gasteiger partial charge >= 0.3 is 17.9 Å². The van der Waals surface area contributed by atoms with Gasteiger partial charge in [0.15, 0.2) is 6.10 Å². The molecule has 0 aliphatic carbocycles. The quantitative estimate of drug-likeness (QED) is 0.0261. The summed E-state index contributed by atoms with van der Waals surface area (Å²) in [5.74, 6) is -0.880. The molecule has 0 amide bonds. The van der Waals surface area contributed by atoms with E-state index in [0.29, 0.717) is 19.3 Å². The highest BCUT2D eigenvalue weighted by Crippen LogP contribution is 2.18. The van der Waals surface area contributed by atoms with E-state index in [1.807, 2.05) is 0 Å². The third kappa shape index (κ3) is 67.8. The van der Waals surface area contributed by atoms with Crippen LogP contribution in [0.15, 0.2) is 60.8 Å². The molecule has 6 heteroatoms. The van der Waals surface area contributed by atoms with Crippen molar-refractivity contribution in [3.63, 3.8) is 0 Å². The number of esters is 3. The lowest BCUT2D eigenvalue weighted by Crippen LogP contribution is -2.30. The van der Waals surface area contributed by atoms with Gasteiger partial charge in [-0.15, -0.1) is 0 Å². The molecule has 0 saturated heterocycles. The van der Waals surface area contributed by atoms with Gasteiger partial charge in [-0.25, -0.2) is 0 Å². The van der Waals surface area contributed by atoms with Gasteiger partial charge in [0.1, 0.15) is 13.2 Å². The predicted octanol–water partition coefficient (Wildman–Crippen LogP) is 24.7. The summed E-state index contributed by atoms with van der Waals surface area (Å²) in [4.78, 5) is 38.4. The molecular formula is C75H136O6. The number of rotatable bonds is 66. The van der Waals surface area contributed by atoms with Gasteiger partial charge in [0.25, 0.3) is 0 Å². The van der Waals surface area contributed by atoms with Crippen molar-refractivity contribution in [3.8, 4) is 0 Å². The summed E-state index contributed by atoms with van der Waals surface area (Å²) >= 11 is 0. The first kappa shape index (κ1) is 78.1. The third-order valence-corrected chi connectivity index (χ3v) is 16.0. The smallest absolute Gasteiger partial charge is 0.306 e. The zero-order valence-corrected chi connectivity index (χ0v) is 54.3. The Balaban J connectivity index is 4.19. The molecule has 0 aromatic rings. The number of unbranched alkanes of at least 4 members (excludes halogenated alkanes) is 45. The van der Waals surface area contributed by atoms with E-state index < -0.39 is 6.10 Å². The van der Waals surface area contributed by atoms with E-state index in [9.17, 15) is 14.4 Å². The Morgan fingerprint density at radius 1 is 0.247 bits per heavy atom. The third-order valence-electron chi connectivity index (χ3n) is 16.0. The molecular weight excluding hydrogens is 997 g/mol. The zero-order valence-electron chi connectivity index (χ0n) is 54.3. The molecule has 6 nitrogen and oxygen atoms in total. The first-order valence-electron chi connectivity index (χ1n) is 35.8. The van der Waals surface area contributed by atoms with Crippen LogP contribution >= 0.6 is 0 Å². The summed E-state index contributed by atoms with van der Waals surface area (Å²) in [6.07, 6.45) is 89.7. The molecule has 0 aromatic heterocycles. The molecule has 0 N–H and O–H groups in total. The fraction of sp³-hybridized carbons (Fsp3) is 0.827. The summed E-state index contributed by atoms with van der Waals surface area (Å²) in [7, 11) is 0. The first-order chi connectivity index (χ1) is 40.0. The van der Waals surface area contributed by atoms with Crippen LogP contribution in [0, 0.1) is 0 Å². The molecule has 0 saturated carbocycles. The lowest BCUT2D eigenvalue weighted by Gasteiger charge is -2.18. The van der Waals surface area contributed by atoms with Gasteiger partial charge in [-0.05, 0) is 103 Å². The van der Waals surface area contributed by atoms with E-state index in [4.69, 9.17) is 14.2 Å². The normalized spacial score (nSPS) is 12.4. The predicted molar refractivity (Wildman–Crippen MR) is 353 cm³/mol. The summed E-state index contributed by atoms with van der Waals surface area (Å²) in [5.41, 5.74) is 0. The van der Waals surface area contributed by atoms with Gasteiger partial charge in [-0.1, -0.05) is 319 Å². The minimum Gasteiger partial charge on any atom is -0.462 e. The van der Waals surface area contributed by atoms with Gasteiger partial charge in [0, 0.05) is 19.3 Å². The SMILES string of the molecule is CCCC/C=C\C/C=C\CCCCCCCC(=O)OCC(COC(=O)CCCCCCCCCCCCCCCCCCCCC/C=C\CCCCCCCCCC)OC(=O)CCCCCCCCC/C=C\C/C=C\CCCCCC. The lowest BCUT2D eigenvalue weighted by atomic mass is 10.0. The molecule has 0 fully saturated rings. The maximum atomic E-state index is 12.9. The molecule has 0 rings (SSSR count). The van der Waals surface area contributed by atoms with Crippen molar-refractivity contribution in [2.24, 2.45) is 0 Å². The number of carbonyl (C=O) groups is 3. The Hall–Kier alpha value is -2.89. The maximum Gasteiger partial charge on any atom is 0.306 e. The van der Waals surface area contributed by atoms with Crippen LogP contribution in [0.5, 0.6) is 0 Å². The van der Waals surface area contributed by atoms with Crippen molar-refractivity contribution in [3.05, 3.63) is 60.8 Å². The van der Waals surface area contributed by atoms with Gasteiger partial charge in [-0.3, -0.25) is 14.4 Å². The molecule has 1 unspecified atom stereocenters. The van der Waals surface area contributed by atoms with Crippen LogP contribution in [-0.4, -0.2) is 37.2 Å². The van der Waals surface area contributed by atoms with E-state index in [0.717, 1.165) is 89.9 Å². The molecule has 0 radical (unpaired) electrons. The van der Waals surface area contributed by atoms with Gasteiger partial charge in [0.05, 0.1) is 0 Å². The van der Waals surface area contributed by atoms with Crippen molar-refractivity contribution >= 4 is 17.9 Å². The van der Waals surface area contributed by atoms with Crippen LogP contribution in [-0.2, 0) is 28.6 Å². The Labute approximate surface area is 504 Å². The average Bonchev–Trinajstić information content (AvgIpc) is 3.47. The van der Waals surface area contributed by atoms with Crippen LogP contribution in [0.3, 0.4) is 0 Å². The fourth-order valence-electron chi connectivity index (χ4n) is 10.5. The van der Waals surface area contributed by atoms with Crippen LogP contribution < -0.4 is 0 Å². The molecule has 0 spiro atoms. The summed E-state index contributed by atoms with van der Waals surface area (Å²) in [6.45, 7) is 6.62. The largest absolute Gasteiger partial charge is 0.462 e. The number of allylic oxidation sites excluding steroid dienone is 10. The highest BCUT2D eigenvalue weighted by Gasteiger charge is 2.19. The Morgan fingerprint density at radius 2 is 0.457 bits per heavy atom. The minimum absolute atomic E-state index is 0.0789. The van der Waals surface area contributed by atoms with Crippen molar-refractivity contribution in [1.82, 2.24) is 0 Å². The van der Waals surface area contributed by atoms with Gasteiger partial charge < -0.3 is 14.2 Å². The summed E-state index contributed by atoms with van der Waals surface area (Å²) in [6, 6.07) is 0. The molecule has 0 aliphatic rings. The molecule has 472 valence electrons. The van der Waals surface area contributed by atoms with E-state index in [1.54, 1.807) is 0 Å². The topological polar surface area (TPSA) is 78.9 Å². The van der Waals surface area contributed by atoms with Crippen molar-refractivity contribution in [1.29, 1.82) is 0 Å². The van der Waals surface area contributed by atoms with E-state index in [2.05, 4.69) is 81.5 Å². The first-order valence-corrected chi connectivity index (χ1v) is 35.8. The van der Waals surface area contributed by atoms with E-state index >= 15 is 0 Å². The highest BCUT2D eigenvalue weighted by molar-refractivity contribution is 5.71. The van der Waals surface area contributed by atoms with Crippen LogP contribution in [0.2, 0.25) is 0 Å². The van der Waals surface area contributed by atoms with Crippen molar-refractivity contribution in [2.45, 2.75) is 386 Å². The van der Waals surface area contributed by atoms with Crippen molar-refractivity contribution < 1.29 is 28.6 Å². The fourth-order valence-corrected chi connectivity index (χ4v) is 10.5. The van der Waals surface area contributed by atoms with Gasteiger partial charge in [-0.2, -0.15) is 0 Å². The monoisotopic (exact) mass is 1130 g/mol. The van der Waals surface area contributed by atoms with Crippen LogP contribution in [0.4, 0.5) is 0 Å². The Morgan fingerprint density at radius 3 is 0.741 bits per heavy atom. The number of ether oxygens (including phenoxy) is 3. The van der Waals surface area contributed by atoms with Crippen molar-refractivity contribution in [2.75, 3.05) is 13.2 Å². The molecule has 0 bridgehead atoms. The number of hydrogen-bond acceptors (Lipinski definition) is 6. The Kier molecular flexibility index (Phi) is 67.1. The second-order valence-electron chi connectivity index (χ2n) is 24.1. The molecule has 0 aliphatic heterocycles. The van der Waals surface area contributed by atoms with Gasteiger partial charge in [0.2, 0.25) is 0 Å². The Bertz CT molecular complexity index is 1440. The van der Waals surface area contributed by atoms with Crippen LogP contribution in [0.25, 0.3) is 0 Å². The second kappa shape index (κ2) is 69.6. The number of hydrogen-bond donors (Lipinski definition) is 0. The number of carbonyl (C=O) groups excluding carboxylic acids is 3. The molecule has 1 atom stereocenters. The summed E-state index contributed by atoms with van der Waals surface area (Å²) in [5, 5.41) is 0. The lowest BCUT2D eigenvalue weighted by molar-refractivity contribution is -0.167. The minimum atomic E-state index is -0.785. The second-order valence-corrected chi connectivity index (χ2v) is 24.1. The van der Waals surface area contributed by atoms with E-state index in [1.165, 1.54) is 250 Å². The molecule has 0 aromatic carbocycles.